The maximum absolute atomic E-state index is 14.6. The van der Waals surface area contributed by atoms with Crippen LogP contribution in [0.1, 0.15) is 32.2 Å². The molecule has 0 amide bonds. The van der Waals surface area contributed by atoms with E-state index in [0.29, 0.717) is 24.3 Å². The molecule has 0 aliphatic carbocycles. The Bertz CT molecular complexity index is 4010. The SMILES string of the molecule is C=C(CN(C)C)NC1=CC(c2cc3c(-c4cc5c(-c6ccccc6F)nccc5[nH]4)n[nH]c3cn2)=CCN=C1.C=C/C(=C\C(=C/C)c1cc2c(-c3cc4c(-c5ccccn5)nccc4[nH]3)n[nH]c2cn1)NC(=C)CN(C)C.CC. The minimum Gasteiger partial charge on any atom is -0.358 e. The minimum absolute atomic E-state index is 0.311. The third-order valence-corrected chi connectivity index (χ3v) is 12.6. The largest absolute Gasteiger partial charge is 0.358 e. The molecule has 10 aromatic rings. The van der Waals surface area contributed by atoms with Gasteiger partial charge in [0.1, 0.15) is 17.2 Å². The molecular formula is C62H63FN16. The Morgan fingerprint density at radius 1 is 0.671 bits per heavy atom. The average molecular weight is 1050 g/mol. The lowest BCUT2D eigenvalue weighted by Gasteiger charge is -2.15. The summed E-state index contributed by atoms with van der Waals surface area (Å²) in [5, 5.41) is 25.8. The zero-order chi connectivity index (χ0) is 55.6. The van der Waals surface area contributed by atoms with Crippen molar-refractivity contribution in [1.82, 2.24) is 75.7 Å². The Morgan fingerprint density at radius 2 is 1.29 bits per heavy atom. The monoisotopic (exact) mass is 1050 g/mol. The number of fused-ring (bicyclic) bond motifs is 4. The first kappa shape index (κ1) is 54.1. The van der Waals surface area contributed by atoms with E-state index in [1.54, 1.807) is 43.0 Å². The van der Waals surface area contributed by atoms with Crippen LogP contribution in [0.5, 0.6) is 0 Å². The number of nitrogens with zero attached hydrogens (tertiary/aromatic N) is 10. The molecule has 9 aromatic heterocycles. The fraction of sp³-hybridized carbons (Fsp3) is 0.161. The first-order valence-electron chi connectivity index (χ1n) is 25.9. The summed E-state index contributed by atoms with van der Waals surface area (Å²) in [5.41, 5.74) is 16.4. The molecule has 6 N–H and O–H groups in total. The van der Waals surface area contributed by atoms with Gasteiger partial charge in [-0.15, -0.1) is 0 Å². The molecule has 1 aliphatic rings. The molecule has 0 bridgehead atoms. The number of H-pyrrole nitrogens is 4. The summed E-state index contributed by atoms with van der Waals surface area (Å²) in [6.45, 7) is 20.2. The number of pyridine rings is 5. The van der Waals surface area contributed by atoms with Gasteiger partial charge in [0.2, 0.25) is 0 Å². The van der Waals surface area contributed by atoms with Crippen LogP contribution < -0.4 is 10.6 Å². The molecule has 0 atom stereocenters. The second-order valence-corrected chi connectivity index (χ2v) is 18.9. The Kier molecular flexibility index (Phi) is 16.8. The standard InChI is InChI=1S/C30H27FN8.C30H30N8.C2H6/c1-18(17-39(2)3)35-20-12-19(8-10-32-15-20)26-13-23-28(16-34-26)37-38-30(23)27-14-22-25(36-27)9-11-33-29(22)21-6-4-5-7-24(21)31;1-6-20(14-21(7-2)34-19(3)18-38(4)5)26-15-23-28(17-33-26)36-37-30(23)27-16-22-24(35-27)11-13-32-29(22)25-10-8-9-12-31-25;1-2/h4-9,11-16,35-36H,1,10,17H2,2-3H3,(H,37,38);6-17,34-35H,2-3,18H2,1,4-5H3,(H,36,37);1-2H3/b;20-6+,21-14+;. The van der Waals surface area contributed by atoms with E-state index in [9.17, 15) is 4.39 Å². The maximum atomic E-state index is 14.6. The lowest BCUT2D eigenvalue weighted by molar-refractivity contribution is 0.438. The topological polar surface area (TPSA) is 196 Å². The van der Waals surface area contributed by atoms with E-state index in [1.165, 1.54) is 6.07 Å². The zero-order valence-electron chi connectivity index (χ0n) is 45.4. The van der Waals surface area contributed by atoms with E-state index >= 15 is 0 Å². The van der Waals surface area contributed by atoms with Gasteiger partial charge >= 0.3 is 0 Å². The van der Waals surface area contributed by atoms with Crippen LogP contribution in [0.25, 0.3) is 100 Å². The molecule has 10 heterocycles. The predicted molar refractivity (Wildman–Crippen MR) is 321 cm³/mol. The molecule has 1 aliphatic heterocycles. The first-order valence-corrected chi connectivity index (χ1v) is 25.9. The van der Waals surface area contributed by atoms with E-state index in [4.69, 9.17) is 4.98 Å². The van der Waals surface area contributed by atoms with Crippen molar-refractivity contribution in [3.8, 4) is 45.4 Å². The highest BCUT2D eigenvalue weighted by molar-refractivity contribution is 6.02. The van der Waals surface area contributed by atoms with Crippen molar-refractivity contribution >= 4 is 61.0 Å². The van der Waals surface area contributed by atoms with Crippen LogP contribution in [0.3, 0.4) is 0 Å². The zero-order valence-corrected chi connectivity index (χ0v) is 45.4. The molecule has 11 rings (SSSR count). The van der Waals surface area contributed by atoms with Crippen LogP contribution in [0, 0.1) is 5.82 Å². The number of aromatic nitrogens is 11. The van der Waals surface area contributed by atoms with Gasteiger partial charge in [0, 0.05) is 98.7 Å². The Labute approximate surface area is 458 Å². The van der Waals surface area contributed by atoms with Crippen molar-refractivity contribution in [3.05, 3.63) is 200 Å². The van der Waals surface area contributed by atoms with Gasteiger partial charge in [-0.05, 0) is 120 Å². The van der Waals surface area contributed by atoms with E-state index in [0.717, 1.165) is 130 Å². The molecular weight excluding hydrogens is 988 g/mol. The Hall–Kier alpha value is -9.71. The smallest absolute Gasteiger partial charge is 0.132 e. The quantitative estimate of drug-likeness (QED) is 0.0504. The molecule has 0 saturated heterocycles. The van der Waals surface area contributed by atoms with Crippen molar-refractivity contribution in [3.63, 3.8) is 0 Å². The van der Waals surface area contributed by atoms with Gasteiger partial charge in [-0.25, -0.2) is 4.39 Å². The van der Waals surface area contributed by atoms with E-state index in [-0.39, 0.29) is 5.82 Å². The lowest BCUT2D eigenvalue weighted by atomic mass is 10.1. The van der Waals surface area contributed by atoms with Gasteiger partial charge in [-0.2, -0.15) is 10.2 Å². The van der Waals surface area contributed by atoms with Crippen LogP contribution in [-0.2, 0) is 0 Å². The Morgan fingerprint density at radius 3 is 1.94 bits per heavy atom. The molecule has 0 spiro atoms. The van der Waals surface area contributed by atoms with E-state index in [2.05, 4.69) is 108 Å². The van der Waals surface area contributed by atoms with Gasteiger partial charge in [0.15, 0.2) is 0 Å². The van der Waals surface area contributed by atoms with Crippen LogP contribution in [0.2, 0.25) is 0 Å². The average Bonchev–Trinajstić information content (AvgIpc) is 4.47. The van der Waals surface area contributed by atoms with Gasteiger partial charge < -0.3 is 30.4 Å². The third kappa shape index (κ3) is 12.3. The second kappa shape index (κ2) is 24.5. The minimum atomic E-state index is -0.311. The van der Waals surface area contributed by atoms with Crippen LogP contribution >= 0.6 is 0 Å². The number of halogens is 1. The lowest BCUT2D eigenvalue weighted by Crippen LogP contribution is -2.24. The van der Waals surface area contributed by atoms with Crippen molar-refractivity contribution < 1.29 is 4.39 Å². The number of hydrogen-bond donors (Lipinski definition) is 6. The van der Waals surface area contributed by atoms with Crippen LogP contribution in [0.15, 0.2) is 188 Å². The highest BCUT2D eigenvalue weighted by Crippen LogP contribution is 2.36. The molecule has 17 heteroatoms. The molecule has 398 valence electrons. The van der Waals surface area contributed by atoms with Gasteiger partial charge in [-0.1, -0.05) is 63.9 Å². The van der Waals surface area contributed by atoms with E-state index in [1.807, 2.05) is 134 Å². The van der Waals surface area contributed by atoms with Crippen molar-refractivity contribution in [2.75, 3.05) is 47.8 Å². The second-order valence-electron chi connectivity index (χ2n) is 18.9. The number of allylic oxidation sites excluding steroid dienone is 7. The molecule has 0 saturated carbocycles. The number of benzene rings is 1. The van der Waals surface area contributed by atoms with Crippen LogP contribution in [-0.4, -0.2) is 119 Å². The van der Waals surface area contributed by atoms with Crippen molar-refractivity contribution in [2.45, 2.75) is 20.8 Å². The van der Waals surface area contributed by atoms with Crippen LogP contribution in [0.4, 0.5) is 4.39 Å². The van der Waals surface area contributed by atoms with Gasteiger partial charge in [0.25, 0.3) is 0 Å². The third-order valence-electron chi connectivity index (χ3n) is 12.6. The first-order chi connectivity index (χ1) is 38.4. The molecule has 0 unspecified atom stereocenters. The molecule has 0 fully saturated rings. The number of aromatic amines is 4. The number of aliphatic imine (C=N–C) groups is 1. The number of hydrogen-bond acceptors (Lipinski definition) is 12. The fourth-order valence-electron chi connectivity index (χ4n) is 9.18. The number of nitrogens with one attached hydrogen (secondary N) is 6. The highest BCUT2D eigenvalue weighted by Gasteiger charge is 2.19. The molecule has 0 radical (unpaired) electrons. The normalized spacial score (nSPS) is 12.7. The fourth-order valence-corrected chi connectivity index (χ4v) is 9.18. The summed E-state index contributed by atoms with van der Waals surface area (Å²) in [6, 6.07) is 24.5. The summed E-state index contributed by atoms with van der Waals surface area (Å²) in [4.78, 5) is 38.5. The Balaban J connectivity index is 0.000000186. The van der Waals surface area contributed by atoms with Crippen molar-refractivity contribution in [2.24, 2.45) is 4.99 Å². The molecule has 79 heavy (non-hydrogen) atoms. The summed E-state index contributed by atoms with van der Waals surface area (Å²) in [7, 11) is 8.01. The number of likely N-dealkylation sites (N-methyl/N-ethyl adjacent to an activating group) is 2. The maximum Gasteiger partial charge on any atom is 0.132 e. The van der Waals surface area contributed by atoms with Gasteiger partial charge in [-0.3, -0.25) is 40.1 Å². The van der Waals surface area contributed by atoms with E-state index < -0.39 is 0 Å². The summed E-state index contributed by atoms with van der Waals surface area (Å²) < 4.78 is 14.6. The van der Waals surface area contributed by atoms with Crippen molar-refractivity contribution in [1.29, 1.82) is 0 Å². The highest BCUT2D eigenvalue weighted by atomic mass is 19.1. The summed E-state index contributed by atoms with van der Waals surface area (Å²) in [6.07, 6.45) is 20.6. The molecule has 1 aromatic carbocycles. The predicted octanol–water partition coefficient (Wildman–Crippen LogP) is 12.1. The summed E-state index contributed by atoms with van der Waals surface area (Å²) in [5.74, 6) is -0.311. The summed E-state index contributed by atoms with van der Waals surface area (Å²) >= 11 is 0. The number of rotatable bonds is 16. The van der Waals surface area contributed by atoms with Gasteiger partial charge in [0.05, 0.1) is 75.5 Å². The molecule has 16 nitrogen and oxygen atoms in total.